The Morgan fingerprint density at radius 1 is 1.20 bits per heavy atom. The summed E-state index contributed by atoms with van der Waals surface area (Å²) in [7, 11) is 0. The van der Waals surface area contributed by atoms with Crippen LogP contribution in [0, 0.1) is 0 Å². The molecule has 3 rings (SSSR count). The standard InChI is InChI=1S/C17H24N2O/c1-12(2)19-15(20)17(9-10-17)14-5-3-13(4-6-14)11-16(18)7-8-16/h3-6,12H,7-11,18H2,1-2H3,(H,19,20). The average molecular weight is 272 g/mol. The Hall–Kier alpha value is -1.35. The molecule has 3 nitrogen and oxygen atoms in total. The number of rotatable bonds is 5. The van der Waals surface area contributed by atoms with Crippen molar-refractivity contribution in [3.63, 3.8) is 0 Å². The predicted octanol–water partition coefficient (Wildman–Crippen LogP) is 2.28. The quantitative estimate of drug-likeness (QED) is 0.864. The minimum atomic E-state index is -0.261. The zero-order valence-electron chi connectivity index (χ0n) is 12.4. The second kappa shape index (κ2) is 4.59. The van der Waals surface area contributed by atoms with Gasteiger partial charge in [-0.15, -0.1) is 0 Å². The molecule has 3 heteroatoms. The highest BCUT2D eigenvalue weighted by Crippen LogP contribution is 2.48. The summed E-state index contributed by atoms with van der Waals surface area (Å²) in [6.45, 7) is 4.01. The van der Waals surface area contributed by atoms with Crippen LogP contribution in [0.3, 0.4) is 0 Å². The predicted molar refractivity (Wildman–Crippen MR) is 80.5 cm³/mol. The maximum absolute atomic E-state index is 12.3. The van der Waals surface area contributed by atoms with Gasteiger partial charge < -0.3 is 11.1 Å². The molecule has 1 aromatic carbocycles. The highest BCUT2D eigenvalue weighted by Gasteiger charge is 2.51. The fourth-order valence-electron chi connectivity index (χ4n) is 2.86. The molecule has 2 aliphatic carbocycles. The Kier molecular flexibility index (Phi) is 3.13. The van der Waals surface area contributed by atoms with E-state index in [1.54, 1.807) is 0 Å². The van der Waals surface area contributed by atoms with Crippen LogP contribution < -0.4 is 11.1 Å². The van der Waals surface area contributed by atoms with Gasteiger partial charge in [-0.25, -0.2) is 0 Å². The molecule has 2 aliphatic rings. The molecular formula is C17H24N2O. The van der Waals surface area contributed by atoms with Gasteiger partial charge in [0, 0.05) is 11.6 Å². The number of carbonyl (C=O) groups is 1. The summed E-state index contributed by atoms with van der Waals surface area (Å²) in [5.74, 6) is 0.178. The lowest BCUT2D eigenvalue weighted by molar-refractivity contribution is -0.124. The molecular weight excluding hydrogens is 248 g/mol. The molecule has 20 heavy (non-hydrogen) atoms. The smallest absolute Gasteiger partial charge is 0.230 e. The normalized spacial score (nSPS) is 21.6. The van der Waals surface area contributed by atoms with Crippen LogP contribution in [-0.4, -0.2) is 17.5 Å². The van der Waals surface area contributed by atoms with Crippen LogP contribution in [-0.2, 0) is 16.6 Å². The maximum Gasteiger partial charge on any atom is 0.230 e. The van der Waals surface area contributed by atoms with Crippen molar-refractivity contribution in [1.29, 1.82) is 0 Å². The maximum atomic E-state index is 12.3. The summed E-state index contributed by atoms with van der Waals surface area (Å²) in [6, 6.07) is 8.73. The Bertz CT molecular complexity index is 510. The molecule has 0 aliphatic heterocycles. The summed E-state index contributed by atoms with van der Waals surface area (Å²) >= 11 is 0. The Morgan fingerprint density at radius 3 is 2.25 bits per heavy atom. The molecule has 3 N–H and O–H groups in total. The number of nitrogens with two attached hydrogens (primary N) is 1. The molecule has 0 aromatic heterocycles. The second-order valence-electron chi connectivity index (χ2n) is 6.95. The third kappa shape index (κ3) is 2.59. The van der Waals surface area contributed by atoms with E-state index < -0.39 is 0 Å². The summed E-state index contributed by atoms with van der Waals surface area (Å²) < 4.78 is 0. The molecule has 0 unspecified atom stereocenters. The van der Waals surface area contributed by atoms with Crippen LogP contribution in [0.1, 0.15) is 50.7 Å². The average Bonchev–Trinajstić information content (AvgIpc) is 3.27. The van der Waals surface area contributed by atoms with Crippen molar-refractivity contribution in [3.05, 3.63) is 35.4 Å². The van der Waals surface area contributed by atoms with E-state index in [0.29, 0.717) is 0 Å². The third-order valence-electron chi connectivity index (χ3n) is 4.56. The molecule has 0 spiro atoms. The summed E-state index contributed by atoms with van der Waals surface area (Å²) in [5.41, 5.74) is 8.38. The highest BCUT2D eigenvalue weighted by atomic mass is 16.2. The summed E-state index contributed by atoms with van der Waals surface area (Å²) in [5, 5.41) is 3.05. The Balaban J connectivity index is 1.72. The van der Waals surface area contributed by atoms with Gasteiger partial charge in [-0.1, -0.05) is 24.3 Å². The fraction of sp³-hybridized carbons (Fsp3) is 0.588. The number of amides is 1. The van der Waals surface area contributed by atoms with E-state index in [9.17, 15) is 4.79 Å². The molecule has 2 saturated carbocycles. The van der Waals surface area contributed by atoms with E-state index in [-0.39, 0.29) is 22.9 Å². The van der Waals surface area contributed by atoms with Crippen LogP contribution in [0.25, 0.3) is 0 Å². The minimum absolute atomic E-state index is 0.0494. The SMILES string of the molecule is CC(C)NC(=O)C1(c2ccc(CC3(N)CC3)cc2)CC1. The molecule has 1 aromatic rings. The first kappa shape index (κ1) is 13.6. The van der Waals surface area contributed by atoms with Gasteiger partial charge in [0.25, 0.3) is 0 Å². The lowest BCUT2D eigenvalue weighted by atomic mass is 9.92. The van der Waals surface area contributed by atoms with Crippen molar-refractivity contribution in [2.45, 2.75) is 62.9 Å². The van der Waals surface area contributed by atoms with E-state index in [1.165, 1.54) is 5.56 Å². The van der Waals surface area contributed by atoms with Crippen molar-refractivity contribution in [1.82, 2.24) is 5.32 Å². The molecule has 0 saturated heterocycles. The third-order valence-corrected chi connectivity index (χ3v) is 4.56. The Labute approximate surface area is 120 Å². The van der Waals surface area contributed by atoms with E-state index in [4.69, 9.17) is 5.73 Å². The van der Waals surface area contributed by atoms with Crippen molar-refractivity contribution in [2.75, 3.05) is 0 Å². The van der Waals surface area contributed by atoms with Crippen molar-refractivity contribution in [3.8, 4) is 0 Å². The second-order valence-corrected chi connectivity index (χ2v) is 6.95. The fourth-order valence-corrected chi connectivity index (χ4v) is 2.86. The van der Waals surface area contributed by atoms with Crippen LogP contribution in [0.15, 0.2) is 24.3 Å². The number of hydrogen-bond acceptors (Lipinski definition) is 2. The van der Waals surface area contributed by atoms with Crippen LogP contribution >= 0.6 is 0 Å². The van der Waals surface area contributed by atoms with Crippen LogP contribution in [0.4, 0.5) is 0 Å². The van der Waals surface area contributed by atoms with Crippen molar-refractivity contribution in [2.24, 2.45) is 5.73 Å². The van der Waals surface area contributed by atoms with Gasteiger partial charge >= 0.3 is 0 Å². The first-order valence-electron chi connectivity index (χ1n) is 7.63. The summed E-state index contributed by atoms with van der Waals surface area (Å²) in [4.78, 5) is 12.3. The molecule has 0 bridgehead atoms. The molecule has 2 fully saturated rings. The molecule has 0 radical (unpaired) electrons. The number of nitrogens with one attached hydrogen (secondary N) is 1. The van der Waals surface area contributed by atoms with Crippen LogP contribution in [0.2, 0.25) is 0 Å². The number of benzene rings is 1. The van der Waals surface area contributed by atoms with E-state index >= 15 is 0 Å². The molecule has 0 heterocycles. The number of carbonyl (C=O) groups excluding carboxylic acids is 1. The monoisotopic (exact) mass is 272 g/mol. The zero-order valence-corrected chi connectivity index (χ0v) is 12.4. The minimum Gasteiger partial charge on any atom is -0.353 e. The van der Waals surface area contributed by atoms with Gasteiger partial charge in [0.2, 0.25) is 5.91 Å². The van der Waals surface area contributed by atoms with Gasteiger partial charge in [-0.05, 0) is 57.1 Å². The number of hydrogen-bond donors (Lipinski definition) is 2. The first-order chi connectivity index (χ1) is 9.43. The molecule has 1 amide bonds. The largest absolute Gasteiger partial charge is 0.353 e. The molecule has 0 atom stereocenters. The lowest BCUT2D eigenvalue weighted by Crippen LogP contribution is -2.38. The van der Waals surface area contributed by atoms with Gasteiger partial charge in [-0.2, -0.15) is 0 Å². The summed E-state index contributed by atoms with van der Waals surface area (Å²) in [6.07, 6.45) is 5.15. The van der Waals surface area contributed by atoms with Crippen LogP contribution in [0.5, 0.6) is 0 Å². The lowest BCUT2D eigenvalue weighted by Gasteiger charge is -2.18. The first-order valence-corrected chi connectivity index (χ1v) is 7.63. The topological polar surface area (TPSA) is 55.1 Å². The van der Waals surface area contributed by atoms with E-state index in [1.807, 2.05) is 13.8 Å². The van der Waals surface area contributed by atoms with Crippen molar-refractivity contribution >= 4 is 5.91 Å². The zero-order chi connectivity index (χ0) is 14.4. The van der Waals surface area contributed by atoms with E-state index in [2.05, 4.69) is 29.6 Å². The van der Waals surface area contributed by atoms with Crippen molar-refractivity contribution < 1.29 is 4.79 Å². The van der Waals surface area contributed by atoms with Gasteiger partial charge in [-0.3, -0.25) is 4.79 Å². The Morgan fingerprint density at radius 2 is 1.80 bits per heavy atom. The molecule has 108 valence electrons. The highest BCUT2D eigenvalue weighted by molar-refractivity contribution is 5.91. The van der Waals surface area contributed by atoms with Gasteiger partial charge in [0.15, 0.2) is 0 Å². The van der Waals surface area contributed by atoms with Gasteiger partial charge in [0.05, 0.1) is 5.41 Å². The van der Waals surface area contributed by atoms with E-state index in [0.717, 1.165) is 37.7 Å². The van der Waals surface area contributed by atoms with Gasteiger partial charge in [0.1, 0.15) is 0 Å².